The monoisotopic (exact) mass is 1840 g/mol. The molecule has 14 aromatic rings. The van der Waals surface area contributed by atoms with Crippen molar-refractivity contribution in [3.05, 3.63) is 418 Å². The lowest BCUT2D eigenvalue weighted by Gasteiger charge is -2.37. The summed E-state index contributed by atoms with van der Waals surface area (Å²) in [7, 11) is 0. The molecule has 0 aromatic heterocycles. The van der Waals surface area contributed by atoms with Gasteiger partial charge in [-0.1, -0.05) is 457 Å². The second kappa shape index (κ2) is 47.4. The number of rotatable bonds is 34. The van der Waals surface area contributed by atoms with Crippen molar-refractivity contribution in [2.75, 3.05) is 13.2 Å². The summed E-state index contributed by atoms with van der Waals surface area (Å²) in [6.45, 7) is 1.32. The van der Waals surface area contributed by atoms with Gasteiger partial charge in [0.05, 0.1) is 13.2 Å². The Morgan fingerprint density at radius 2 is 0.336 bits per heavy atom. The summed E-state index contributed by atoms with van der Waals surface area (Å²) in [6, 6.07) is 132. The van der Waals surface area contributed by atoms with Gasteiger partial charge in [0.15, 0.2) is 0 Å². The van der Waals surface area contributed by atoms with Gasteiger partial charge in [-0.25, -0.2) is 0 Å². The predicted molar refractivity (Wildman–Crippen MR) is 590 cm³/mol. The second-order valence-electron chi connectivity index (χ2n) is 42.6. The Morgan fingerprint density at radius 1 is 0.171 bits per heavy atom. The summed E-state index contributed by atoms with van der Waals surface area (Å²) in [5.74, 6) is 18.7. The Bertz CT molecular complexity index is 5420. The first-order valence-corrected chi connectivity index (χ1v) is 55.1. The normalized spacial score (nSPS) is 16.2. The lowest BCUT2D eigenvalue weighted by molar-refractivity contribution is 0.303. The first kappa shape index (κ1) is 95.3. The van der Waals surface area contributed by atoms with Gasteiger partial charge in [0.2, 0.25) is 0 Å². The van der Waals surface area contributed by atoms with Gasteiger partial charge in [0.25, 0.3) is 0 Å². The van der Waals surface area contributed by atoms with Crippen LogP contribution in [0.25, 0.3) is 66.8 Å². The molecule has 0 saturated heterocycles. The molecule has 0 spiro atoms. The number of hydrogen-bond donors (Lipinski definition) is 0. The Kier molecular flexibility index (Phi) is 32.3. The van der Waals surface area contributed by atoms with Crippen molar-refractivity contribution in [1.82, 2.24) is 0 Å². The Labute approximate surface area is 839 Å². The molecule has 6 aliphatic carbocycles. The first-order chi connectivity index (χ1) is 69.3. The van der Waals surface area contributed by atoms with E-state index in [2.05, 4.69) is 339 Å². The smallest absolute Gasteiger partial charge is 0.119 e. The molecular weight excluding hydrogens is 1690 g/mol. The maximum absolute atomic E-state index is 6.45. The van der Waals surface area contributed by atoms with Gasteiger partial charge in [0, 0.05) is 22.0 Å². The van der Waals surface area contributed by atoms with E-state index in [9.17, 15) is 0 Å². The van der Waals surface area contributed by atoms with Crippen LogP contribution in [0.2, 0.25) is 0 Å². The van der Waals surface area contributed by atoms with Crippen LogP contribution in [0.1, 0.15) is 370 Å². The molecule has 6 saturated carbocycles. The van der Waals surface area contributed by atoms with Crippen molar-refractivity contribution in [2.45, 2.75) is 303 Å². The average Bonchev–Trinajstić information content (AvgIpc) is 0.748. The molecule has 0 aliphatic heterocycles. The van der Waals surface area contributed by atoms with E-state index < -0.39 is 10.8 Å². The van der Waals surface area contributed by atoms with Gasteiger partial charge in [-0.05, 0) is 332 Å². The number of unbranched alkanes of at least 4 members (excludes halogenated alkanes) is 6. The molecule has 0 atom stereocenters. The van der Waals surface area contributed by atoms with Crippen molar-refractivity contribution in [2.24, 2.45) is 0 Å². The Hall–Kier alpha value is -12.2. The molecule has 140 heavy (non-hydrogen) atoms. The summed E-state index contributed by atoms with van der Waals surface area (Å²) in [4.78, 5) is 0. The van der Waals surface area contributed by atoms with Crippen LogP contribution in [-0.4, -0.2) is 13.2 Å². The summed E-state index contributed by atoms with van der Waals surface area (Å²) in [5, 5.41) is 0. The van der Waals surface area contributed by atoms with Crippen molar-refractivity contribution >= 4 is 0 Å². The molecule has 20 rings (SSSR count). The van der Waals surface area contributed by atoms with E-state index in [0.717, 1.165) is 86.8 Å². The van der Waals surface area contributed by atoms with E-state index >= 15 is 0 Å². The molecule has 0 N–H and O–H groups in total. The van der Waals surface area contributed by atoms with Crippen molar-refractivity contribution in [1.29, 1.82) is 0 Å². The molecule has 0 heterocycles. The zero-order chi connectivity index (χ0) is 94.2. The lowest BCUT2D eigenvalue weighted by Crippen LogP contribution is -2.29. The highest BCUT2D eigenvalue weighted by atomic mass is 16.5. The Morgan fingerprint density at radius 3 is 0.514 bits per heavy atom. The van der Waals surface area contributed by atoms with Gasteiger partial charge in [-0.2, -0.15) is 0 Å². The lowest BCUT2D eigenvalue weighted by atomic mass is 9.66. The van der Waals surface area contributed by atoms with E-state index in [0.29, 0.717) is 48.7 Å². The fraction of sp³-hybridized carbons (Fsp3) is 0.362. The van der Waals surface area contributed by atoms with Gasteiger partial charge in [-0.3, -0.25) is 0 Å². The molecule has 6 fully saturated rings. The summed E-state index contributed by atoms with van der Waals surface area (Å²) in [5.41, 5.74) is 33.4. The van der Waals surface area contributed by atoms with E-state index in [1.807, 2.05) is 24.3 Å². The van der Waals surface area contributed by atoms with E-state index in [1.54, 1.807) is 0 Å². The number of hydrogen-bond acceptors (Lipinski definition) is 2. The highest BCUT2D eigenvalue weighted by Crippen LogP contribution is 2.50. The topological polar surface area (TPSA) is 18.5 Å². The first-order valence-electron chi connectivity index (χ1n) is 55.1. The molecule has 2 heteroatoms. The summed E-state index contributed by atoms with van der Waals surface area (Å²) < 4.78 is 12.9. The van der Waals surface area contributed by atoms with E-state index in [1.165, 1.54) is 326 Å². The van der Waals surface area contributed by atoms with E-state index in [-0.39, 0.29) is 0 Å². The molecule has 0 amide bonds. The SMILES string of the molecule is C(C#Cc1ccc(OCCCCCCC(c2ccc(-c3ccc(C4CCCCC4)cc3)cc2)(c2ccc(-c3ccc(C4CCCCC4)cc3)cc2)c2ccc(-c3ccc(C4CCCCC4)cc3)cc2)cc1)#Cc1ccc(OCCCCCCC(c2ccc(-c3ccc(C4CCCCC4)cc3)cc2)(c2ccc(-c3ccc(C4CCCCC4)cc3)cc2)c2ccc(-c3ccc(C4CCCCC4)cc3)cc2)cc1. The van der Waals surface area contributed by atoms with Crippen LogP contribution in [0.5, 0.6) is 11.5 Å². The number of ether oxygens (including phenoxy) is 2. The zero-order valence-corrected chi connectivity index (χ0v) is 83.3. The number of benzene rings is 14. The quantitative estimate of drug-likeness (QED) is 0.0227. The van der Waals surface area contributed by atoms with Gasteiger partial charge < -0.3 is 9.47 Å². The maximum atomic E-state index is 6.45. The van der Waals surface area contributed by atoms with Gasteiger partial charge >= 0.3 is 0 Å². The minimum atomic E-state index is -0.402. The van der Waals surface area contributed by atoms with Crippen LogP contribution in [0.3, 0.4) is 0 Å². The molecule has 2 nitrogen and oxygen atoms in total. The zero-order valence-electron chi connectivity index (χ0n) is 83.3. The third-order valence-electron chi connectivity index (χ3n) is 33.8. The minimum Gasteiger partial charge on any atom is -0.494 e. The Balaban J connectivity index is 0.469. The van der Waals surface area contributed by atoms with Crippen molar-refractivity contribution in [3.8, 4) is 102 Å². The predicted octanol–water partition coefficient (Wildman–Crippen LogP) is 38.1. The molecule has 0 radical (unpaired) electrons. The third kappa shape index (κ3) is 23.5. The summed E-state index contributed by atoms with van der Waals surface area (Å²) >= 11 is 0. The van der Waals surface area contributed by atoms with Crippen LogP contribution < -0.4 is 9.47 Å². The highest BCUT2D eigenvalue weighted by molar-refractivity contribution is 5.73. The fourth-order valence-electron chi connectivity index (χ4n) is 25.4. The van der Waals surface area contributed by atoms with Crippen LogP contribution in [0, 0.1) is 23.7 Å². The van der Waals surface area contributed by atoms with Crippen molar-refractivity contribution < 1.29 is 9.47 Å². The standard InChI is InChI=1S/C138H146O2/c1(25-99-137(129-83-71-123(72-84-129)117-59-47-111(48-60-117)105-31-11-5-12-32-105,130-85-73-124(74-86-130)118-61-49-112(50-62-118)106-33-13-6-14-34-106)131-87-75-125(76-88-131)119-63-51-113(52-64-119)107-35-15-7-16-36-107)3-27-101-139-135-95-43-103(44-96-135)29-23-24-30-104-45-97-136(98-46-104)140-102-28-4-2-26-100-138(132-89-77-126(78-90-132)120-65-53-114(54-66-120)108-37-17-8-18-38-108,133-91-79-127(80-92-133)121-67-55-115(56-68-121)109-39-19-9-20-40-109)134-93-81-128(82-94-134)122-69-57-116(58-70-122)110-41-21-10-22-42-110/h43-98,105-110H,1-22,25-28,31-42,99-102H2. The molecule has 0 unspecified atom stereocenters. The van der Waals surface area contributed by atoms with Crippen LogP contribution in [0.4, 0.5) is 0 Å². The van der Waals surface area contributed by atoms with E-state index in [4.69, 9.17) is 9.47 Å². The molecular formula is C138H146O2. The van der Waals surface area contributed by atoms with Gasteiger partial charge in [-0.15, -0.1) is 0 Å². The minimum absolute atomic E-state index is 0.402. The average molecular weight is 1840 g/mol. The van der Waals surface area contributed by atoms with Crippen molar-refractivity contribution in [3.63, 3.8) is 0 Å². The summed E-state index contributed by atoms with van der Waals surface area (Å²) in [6.07, 6.45) is 50.6. The second-order valence-corrected chi connectivity index (χ2v) is 42.6. The molecule has 710 valence electrons. The molecule has 6 aliphatic rings. The van der Waals surface area contributed by atoms with Crippen LogP contribution in [0.15, 0.2) is 340 Å². The van der Waals surface area contributed by atoms with Gasteiger partial charge in [0.1, 0.15) is 11.5 Å². The fourth-order valence-corrected chi connectivity index (χ4v) is 25.4. The molecule has 0 bridgehead atoms. The highest BCUT2D eigenvalue weighted by Gasteiger charge is 2.39. The maximum Gasteiger partial charge on any atom is 0.119 e. The third-order valence-corrected chi connectivity index (χ3v) is 33.8. The largest absolute Gasteiger partial charge is 0.494 e. The molecule has 14 aromatic carbocycles. The van der Waals surface area contributed by atoms with Crippen LogP contribution >= 0.6 is 0 Å². The van der Waals surface area contributed by atoms with Crippen LogP contribution in [-0.2, 0) is 10.8 Å².